The molecule has 0 aliphatic heterocycles. The van der Waals surface area contributed by atoms with Gasteiger partial charge in [-0.3, -0.25) is 4.79 Å². The average molecular weight is 316 g/mol. The molecule has 0 saturated carbocycles. The number of ketones is 1. The number of nitrogens with zero attached hydrogens (tertiary/aromatic N) is 1. The number of anilines is 1. The number of nitrogen functional groups attached to an aromatic ring is 1. The minimum Gasteiger partial charge on any atom is -0.382 e. The van der Waals surface area contributed by atoms with E-state index in [4.69, 9.17) is 5.73 Å². The molecule has 0 atom stereocenters. The first-order valence-corrected chi connectivity index (χ1v) is 7.20. The largest absolute Gasteiger partial charge is 0.382 e. The lowest BCUT2D eigenvalue weighted by atomic mass is 10.1. The van der Waals surface area contributed by atoms with E-state index in [1.165, 1.54) is 6.07 Å². The van der Waals surface area contributed by atoms with Crippen molar-refractivity contribution in [1.29, 1.82) is 0 Å². The smallest absolute Gasteiger partial charge is 0.212 e. The predicted molar refractivity (Wildman–Crippen MR) is 81.8 cm³/mol. The summed E-state index contributed by atoms with van der Waals surface area (Å²) in [5, 5.41) is 0.526. The van der Waals surface area contributed by atoms with Gasteiger partial charge in [0.05, 0.1) is 5.56 Å². The van der Waals surface area contributed by atoms with E-state index in [0.29, 0.717) is 5.01 Å². The Hall–Kier alpha value is -2.60. The summed E-state index contributed by atoms with van der Waals surface area (Å²) < 4.78 is 27.5. The Balaban J connectivity index is 2.06. The van der Waals surface area contributed by atoms with Gasteiger partial charge in [0.1, 0.15) is 27.3 Å². The van der Waals surface area contributed by atoms with Crippen LogP contribution in [0.1, 0.15) is 15.2 Å². The van der Waals surface area contributed by atoms with E-state index >= 15 is 0 Å². The van der Waals surface area contributed by atoms with Crippen LogP contribution in [0.15, 0.2) is 48.5 Å². The molecule has 0 aliphatic rings. The lowest BCUT2D eigenvalue weighted by Gasteiger charge is -2.02. The number of hydrogen-bond acceptors (Lipinski definition) is 4. The molecule has 110 valence electrons. The number of rotatable bonds is 3. The van der Waals surface area contributed by atoms with Crippen LogP contribution in [0.3, 0.4) is 0 Å². The minimum atomic E-state index is -0.918. The third-order valence-corrected chi connectivity index (χ3v) is 4.19. The van der Waals surface area contributed by atoms with Gasteiger partial charge in [0.15, 0.2) is 0 Å². The van der Waals surface area contributed by atoms with Crippen molar-refractivity contribution in [3.05, 3.63) is 70.6 Å². The highest BCUT2D eigenvalue weighted by Crippen LogP contribution is 2.32. The number of thiazole rings is 1. The molecule has 0 bridgehead atoms. The topological polar surface area (TPSA) is 56.0 Å². The molecule has 1 heterocycles. The highest BCUT2D eigenvalue weighted by Gasteiger charge is 2.24. The van der Waals surface area contributed by atoms with Crippen molar-refractivity contribution in [3.63, 3.8) is 0 Å². The predicted octanol–water partition coefficient (Wildman–Crippen LogP) is 3.90. The molecule has 1 aromatic heterocycles. The van der Waals surface area contributed by atoms with Gasteiger partial charge in [-0.1, -0.05) is 36.4 Å². The van der Waals surface area contributed by atoms with E-state index in [2.05, 4.69) is 4.98 Å². The van der Waals surface area contributed by atoms with Crippen LogP contribution in [-0.2, 0) is 0 Å². The Morgan fingerprint density at radius 3 is 2.27 bits per heavy atom. The van der Waals surface area contributed by atoms with Gasteiger partial charge in [0, 0.05) is 5.56 Å². The molecule has 6 heteroatoms. The van der Waals surface area contributed by atoms with Crippen molar-refractivity contribution >= 4 is 22.9 Å². The second-order valence-electron chi connectivity index (χ2n) is 4.53. The summed E-state index contributed by atoms with van der Waals surface area (Å²) in [6, 6.07) is 12.4. The molecule has 3 rings (SSSR count). The zero-order valence-corrected chi connectivity index (χ0v) is 12.0. The summed E-state index contributed by atoms with van der Waals surface area (Å²) >= 11 is 1.01. The van der Waals surface area contributed by atoms with Crippen LogP contribution < -0.4 is 5.73 Å². The first kappa shape index (κ1) is 14.3. The van der Waals surface area contributed by atoms with Crippen LogP contribution in [0, 0.1) is 11.6 Å². The third kappa shape index (κ3) is 2.48. The Kier molecular flexibility index (Phi) is 3.68. The van der Waals surface area contributed by atoms with Crippen molar-refractivity contribution < 1.29 is 13.6 Å². The summed E-state index contributed by atoms with van der Waals surface area (Å²) in [7, 11) is 0. The molecule has 0 amide bonds. The lowest BCUT2D eigenvalue weighted by Crippen LogP contribution is -2.07. The number of nitrogens with two attached hydrogens (primary N) is 1. The van der Waals surface area contributed by atoms with Crippen LogP contribution in [0.25, 0.3) is 10.6 Å². The first-order valence-electron chi connectivity index (χ1n) is 6.38. The Morgan fingerprint density at radius 2 is 1.64 bits per heavy atom. The summed E-state index contributed by atoms with van der Waals surface area (Å²) in [4.78, 5) is 16.5. The second kappa shape index (κ2) is 5.65. The molecule has 0 fully saturated rings. The minimum absolute atomic E-state index is 0.0304. The fourth-order valence-electron chi connectivity index (χ4n) is 2.03. The van der Waals surface area contributed by atoms with Gasteiger partial charge in [-0.2, -0.15) is 0 Å². The molecule has 3 aromatic rings. The first-order chi connectivity index (χ1) is 10.6. The van der Waals surface area contributed by atoms with Crippen molar-refractivity contribution in [2.75, 3.05) is 5.73 Å². The van der Waals surface area contributed by atoms with Crippen LogP contribution in [0.5, 0.6) is 0 Å². The quantitative estimate of drug-likeness (QED) is 0.746. The Labute approximate surface area is 129 Å². The fraction of sp³-hybridized carbons (Fsp3) is 0. The van der Waals surface area contributed by atoms with Gasteiger partial charge in [-0.25, -0.2) is 13.8 Å². The van der Waals surface area contributed by atoms with Crippen molar-refractivity contribution in [3.8, 4) is 10.6 Å². The summed E-state index contributed by atoms with van der Waals surface area (Å²) in [6.45, 7) is 0. The van der Waals surface area contributed by atoms with Crippen LogP contribution >= 0.6 is 11.3 Å². The van der Waals surface area contributed by atoms with Crippen molar-refractivity contribution in [2.24, 2.45) is 0 Å². The molecule has 2 aromatic carbocycles. The highest BCUT2D eigenvalue weighted by atomic mass is 32.1. The van der Waals surface area contributed by atoms with E-state index in [-0.39, 0.29) is 10.7 Å². The molecule has 22 heavy (non-hydrogen) atoms. The Morgan fingerprint density at radius 1 is 1.00 bits per heavy atom. The summed E-state index contributed by atoms with van der Waals surface area (Å²) in [5.74, 6) is -2.66. The van der Waals surface area contributed by atoms with Crippen LogP contribution in [0.4, 0.5) is 14.6 Å². The van der Waals surface area contributed by atoms with Gasteiger partial charge in [-0.05, 0) is 12.1 Å². The number of halogens is 2. The van der Waals surface area contributed by atoms with Gasteiger partial charge in [-0.15, -0.1) is 11.3 Å². The number of hydrogen-bond donors (Lipinski definition) is 1. The third-order valence-electron chi connectivity index (χ3n) is 3.07. The van der Waals surface area contributed by atoms with Gasteiger partial charge in [0.25, 0.3) is 0 Å². The average Bonchev–Trinajstić information content (AvgIpc) is 2.90. The molecular formula is C16H10F2N2OS. The number of aromatic nitrogens is 1. The van der Waals surface area contributed by atoms with Crippen LogP contribution in [-0.4, -0.2) is 10.8 Å². The molecule has 0 radical (unpaired) electrons. The zero-order chi connectivity index (χ0) is 15.7. The van der Waals surface area contributed by atoms with E-state index < -0.39 is 23.0 Å². The van der Waals surface area contributed by atoms with Gasteiger partial charge in [0.2, 0.25) is 5.78 Å². The number of carbonyl (C=O) groups is 1. The normalized spacial score (nSPS) is 10.6. The maximum atomic E-state index is 13.7. The lowest BCUT2D eigenvalue weighted by molar-refractivity contribution is 0.103. The van der Waals surface area contributed by atoms with E-state index in [1.807, 2.05) is 30.3 Å². The van der Waals surface area contributed by atoms with Crippen LogP contribution in [0.2, 0.25) is 0 Å². The SMILES string of the molecule is Nc1nc(-c2ccccc2)sc1C(=O)c1c(F)cccc1F. The van der Waals surface area contributed by atoms with Gasteiger partial charge < -0.3 is 5.73 Å². The van der Waals surface area contributed by atoms with E-state index in [1.54, 1.807) is 0 Å². The molecule has 0 saturated heterocycles. The van der Waals surface area contributed by atoms with Crippen molar-refractivity contribution in [1.82, 2.24) is 4.98 Å². The zero-order valence-electron chi connectivity index (χ0n) is 11.2. The van der Waals surface area contributed by atoms with Gasteiger partial charge >= 0.3 is 0 Å². The molecule has 3 nitrogen and oxygen atoms in total. The summed E-state index contributed by atoms with van der Waals surface area (Å²) in [6.07, 6.45) is 0. The Bertz CT molecular complexity index is 826. The van der Waals surface area contributed by atoms with E-state index in [0.717, 1.165) is 29.0 Å². The fourth-order valence-corrected chi connectivity index (χ4v) is 2.96. The molecule has 2 N–H and O–H groups in total. The number of benzene rings is 2. The maximum Gasteiger partial charge on any atom is 0.212 e. The monoisotopic (exact) mass is 316 g/mol. The standard InChI is InChI=1S/C16H10F2N2OS/c17-10-7-4-8-11(18)12(10)13(21)14-15(19)20-16(22-14)9-5-2-1-3-6-9/h1-8H,19H2. The maximum absolute atomic E-state index is 13.7. The summed E-state index contributed by atoms with van der Waals surface area (Å²) in [5.41, 5.74) is 5.92. The highest BCUT2D eigenvalue weighted by molar-refractivity contribution is 7.17. The van der Waals surface area contributed by atoms with Crippen molar-refractivity contribution in [2.45, 2.75) is 0 Å². The second-order valence-corrected chi connectivity index (χ2v) is 5.52. The molecular weight excluding hydrogens is 306 g/mol. The molecule has 0 unspecified atom stereocenters. The molecule has 0 aliphatic carbocycles. The van der Waals surface area contributed by atoms with E-state index in [9.17, 15) is 13.6 Å². The molecule has 0 spiro atoms. The number of carbonyl (C=O) groups excluding carboxylic acids is 1.